The lowest BCUT2D eigenvalue weighted by Crippen LogP contribution is -2.29. The lowest BCUT2D eigenvalue weighted by Gasteiger charge is -2.11. The molecular weight excluding hydrogens is 717 g/mol. The van der Waals surface area contributed by atoms with Gasteiger partial charge in [0.05, 0.1) is 18.0 Å². The fourth-order valence-electron chi connectivity index (χ4n) is 3.49. The first kappa shape index (κ1) is 41.8. The fraction of sp³-hybridized carbons (Fsp3) is 0.600. The van der Waals surface area contributed by atoms with E-state index in [-0.39, 0.29) is 45.5 Å². The lowest BCUT2D eigenvalue weighted by atomic mass is 10.2. The van der Waals surface area contributed by atoms with Crippen molar-refractivity contribution in [2.24, 2.45) is 0 Å². The molecule has 0 aromatic carbocycles. The van der Waals surface area contributed by atoms with Crippen LogP contribution >= 0.6 is 58.4 Å². The van der Waals surface area contributed by atoms with Crippen molar-refractivity contribution >= 4 is 94.0 Å². The monoisotopic (exact) mass is 750 g/mol. The number of hydrogen-bond acceptors (Lipinski definition) is 16. The van der Waals surface area contributed by atoms with Gasteiger partial charge in [0, 0.05) is 41.5 Å². The van der Waals surface area contributed by atoms with E-state index in [2.05, 4.69) is 0 Å². The molecule has 4 aliphatic rings. The van der Waals surface area contributed by atoms with Crippen molar-refractivity contribution in [3.05, 3.63) is 16.3 Å². The highest BCUT2D eigenvalue weighted by atomic mass is 32.2. The average molecular weight is 751 g/mol. The second-order valence-electron chi connectivity index (χ2n) is 9.78. The standard InChI is InChI=1S/C5H8O4S.2C5H8O3S.C5H6O3S.C5H4O3S/c6-4(7)3-1-5(8,9)2-10-3;4*6-3-1-4(5(7)8)9-2-3/h3,8-9H,1-2H2,(H,6,7);2*3-4,6H,1-2H2,(H,7,8);4H,1-2H2,(H,7,8);1-2,6H,(H,7,8)/t3-;3-,4+;3-,4-;4-;/m0100./s1. The van der Waals surface area contributed by atoms with E-state index in [4.69, 9.17) is 51.1 Å². The molecule has 0 spiro atoms. The van der Waals surface area contributed by atoms with E-state index in [0.29, 0.717) is 30.1 Å². The zero-order valence-electron chi connectivity index (χ0n) is 23.7. The second-order valence-corrected chi connectivity index (χ2v) is 15.5. The number of Topliss-reactive ketones (excluding diaryl/α,β-unsaturated/α-hetero) is 1. The van der Waals surface area contributed by atoms with Crippen LogP contribution in [0.3, 0.4) is 0 Å². The van der Waals surface area contributed by atoms with Crippen LogP contribution < -0.4 is 0 Å². The van der Waals surface area contributed by atoms with Crippen LogP contribution in [0.15, 0.2) is 11.4 Å². The van der Waals surface area contributed by atoms with Crippen LogP contribution in [0.2, 0.25) is 0 Å². The quantitative estimate of drug-likeness (QED) is 0.182. The number of aliphatic hydroxyl groups is 4. The van der Waals surface area contributed by atoms with Crippen molar-refractivity contribution in [3.63, 3.8) is 0 Å². The third kappa shape index (κ3) is 16.5. The first-order valence-electron chi connectivity index (χ1n) is 13.0. The van der Waals surface area contributed by atoms with E-state index in [0.717, 1.165) is 23.1 Å². The molecule has 1 aromatic heterocycles. The van der Waals surface area contributed by atoms with Crippen LogP contribution in [-0.2, 0) is 24.0 Å². The van der Waals surface area contributed by atoms with Gasteiger partial charge in [-0.25, -0.2) is 4.79 Å². The molecule has 5 rings (SSSR count). The van der Waals surface area contributed by atoms with Gasteiger partial charge in [0.25, 0.3) is 0 Å². The summed E-state index contributed by atoms with van der Waals surface area (Å²) in [5.74, 6) is -4.58. The molecule has 0 amide bonds. The molecule has 0 radical (unpaired) electrons. The molecule has 0 aliphatic carbocycles. The van der Waals surface area contributed by atoms with E-state index < -0.39 is 58.3 Å². The van der Waals surface area contributed by atoms with Crippen LogP contribution in [0.4, 0.5) is 0 Å². The summed E-state index contributed by atoms with van der Waals surface area (Å²) in [7, 11) is 0. The number of hydrogen-bond donors (Lipinski definition) is 10. The molecule has 1 aromatic rings. The van der Waals surface area contributed by atoms with Crippen LogP contribution in [0.1, 0.15) is 35.4 Å². The van der Waals surface area contributed by atoms with Gasteiger partial charge in [-0.05, 0) is 12.8 Å². The first-order chi connectivity index (χ1) is 21.3. The number of aromatic carboxylic acids is 1. The SMILES string of the molecule is O=C(O)[C@@H]1CC(O)(O)CS1.O=C(O)[C@@H]1C[C@@H](O)CS1.O=C(O)[C@@H]1C[C@H](O)CS1.O=C(O)c1cc(O)cs1.O=C1CS[C@H](C(=O)O)C1. The Morgan fingerprint density at radius 2 is 1.20 bits per heavy atom. The number of carboxylic acids is 5. The molecule has 6 atom stereocenters. The van der Waals surface area contributed by atoms with Crippen LogP contribution in [0.5, 0.6) is 5.75 Å². The Labute approximate surface area is 282 Å². The number of ketones is 1. The van der Waals surface area contributed by atoms with E-state index in [9.17, 15) is 28.8 Å². The summed E-state index contributed by atoms with van der Waals surface area (Å²) < 4.78 is 0. The minimum absolute atomic E-state index is 0.0115. The van der Waals surface area contributed by atoms with E-state index in [1.165, 1.54) is 46.7 Å². The molecule has 5 heterocycles. The number of thiophene rings is 1. The summed E-state index contributed by atoms with van der Waals surface area (Å²) in [6, 6.07) is 1.22. The Morgan fingerprint density at radius 1 is 0.717 bits per heavy atom. The molecule has 4 saturated heterocycles. The highest BCUT2D eigenvalue weighted by Crippen LogP contribution is 2.32. The third-order valence-corrected chi connectivity index (χ3v) is 12.0. The van der Waals surface area contributed by atoms with Gasteiger partial charge in [0.2, 0.25) is 0 Å². The number of aliphatic carboxylic acids is 4. The van der Waals surface area contributed by atoms with Gasteiger partial charge < -0.3 is 51.1 Å². The van der Waals surface area contributed by atoms with Gasteiger partial charge >= 0.3 is 29.8 Å². The van der Waals surface area contributed by atoms with Crippen molar-refractivity contribution < 1.29 is 79.8 Å². The normalized spacial score (nSPS) is 27.3. The van der Waals surface area contributed by atoms with E-state index in [1.54, 1.807) is 0 Å². The summed E-state index contributed by atoms with van der Waals surface area (Å²) in [6.07, 6.45) is 0.125. The fourth-order valence-corrected chi connectivity index (χ4v) is 8.34. The maximum Gasteiger partial charge on any atom is 0.346 e. The van der Waals surface area contributed by atoms with E-state index >= 15 is 0 Å². The molecule has 21 heteroatoms. The molecule has 4 aliphatic heterocycles. The van der Waals surface area contributed by atoms with Crippen molar-refractivity contribution in [3.8, 4) is 5.75 Å². The molecule has 10 N–H and O–H groups in total. The zero-order valence-corrected chi connectivity index (χ0v) is 27.8. The number of carboxylic acid groups (broad SMARTS) is 5. The molecule has 4 fully saturated rings. The Bertz CT molecular complexity index is 1180. The number of rotatable bonds is 5. The predicted molar refractivity (Wildman–Crippen MR) is 171 cm³/mol. The summed E-state index contributed by atoms with van der Waals surface area (Å²) in [5, 5.41) is 85.5. The highest BCUT2D eigenvalue weighted by Gasteiger charge is 2.39. The number of aliphatic hydroxyl groups excluding tert-OH is 2. The van der Waals surface area contributed by atoms with Gasteiger partial charge in [-0.2, -0.15) is 0 Å². The lowest BCUT2D eigenvalue weighted by molar-refractivity contribution is -0.151. The largest absolute Gasteiger partial charge is 0.507 e. The predicted octanol–water partition coefficient (Wildman–Crippen LogP) is 0.430. The smallest absolute Gasteiger partial charge is 0.346 e. The first-order valence-corrected chi connectivity index (χ1v) is 18.1. The van der Waals surface area contributed by atoms with Crippen molar-refractivity contribution in [2.75, 3.05) is 23.0 Å². The third-order valence-electron chi connectivity index (χ3n) is 5.74. The molecule has 260 valence electrons. The van der Waals surface area contributed by atoms with Crippen LogP contribution in [0, 0.1) is 0 Å². The van der Waals surface area contributed by atoms with Crippen molar-refractivity contribution in [1.29, 1.82) is 0 Å². The number of carbonyl (C=O) groups is 6. The molecule has 0 unspecified atom stereocenters. The van der Waals surface area contributed by atoms with Crippen LogP contribution in [0.25, 0.3) is 0 Å². The van der Waals surface area contributed by atoms with Gasteiger partial charge in [0.1, 0.15) is 37.4 Å². The molecule has 0 bridgehead atoms. The number of thioether (sulfide) groups is 4. The van der Waals surface area contributed by atoms with E-state index in [1.807, 2.05) is 0 Å². The average Bonchev–Trinajstić information content (AvgIpc) is 3.78. The van der Waals surface area contributed by atoms with Gasteiger partial charge in [0.15, 0.2) is 5.79 Å². The number of aromatic hydroxyl groups is 1. The summed E-state index contributed by atoms with van der Waals surface area (Å²) in [4.78, 5) is 61.6. The Balaban J connectivity index is 0.000000288. The maximum atomic E-state index is 10.5. The summed E-state index contributed by atoms with van der Waals surface area (Å²) in [6.45, 7) is 0. The Kier molecular flexibility index (Phi) is 18.3. The second kappa shape index (κ2) is 20.2. The Hall–Kier alpha value is -2.24. The van der Waals surface area contributed by atoms with Crippen LogP contribution in [-0.4, -0.2) is 149 Å². The molecule has 16 nitrogen and oxygen atoms in total. The van der Waals surface area contributed by atoms with Gasteiger partial charge in [-0.3, -0.25) is 24.0 Å². The minimum atomic E-state index is -1.77. The van der Waals surface area contributed by atoms with Gasteiger partial charge in [-0.1, -0.05) is 0 Å². The highest BCUT2D eigenvalue weighted by molar-refractivity contribution is 8.02. The zero-order chi connectivity index (χ0) is 35.2. The van der Waals surface area contributed by atoms with Gasteiger partial charge in [-0.15, -0.1) is 58.4 Å². The molecular formula is C25H34O16S5. The maximum absolute atomic E-state index is 10.5. The van der Waals surface area contributed by atoms with Crippen molar-refractivity contribution in [1.82, 2.24) is 0 Å². The summed E-state index contributed by atoms with van der Waals surface area (Å²) >= 11 is 5.89. The summed E-state index contributed by atoms with van der Waals surface area (Å²) in [5.41, 5.74) is 0. The molecule has 0 saturated carbocycles. The number of carbonyl (C=O) groups excluding carboxylic acids is 1. The molecule has 46 heavy (non-hydrogen) atoms. The topological polar surface area (TPSA) is 305 Å². The minimum Gasteiger partial charge on any atom is -0.507 e. The Morgan fingerprint density at radius 3 is 1.37 bits per heavy atom. The van der Waals surface area contributed by atoms with Crippen molar-refractivity contribution in [2.45, 2.75) is 64.7 Å².